The van der Waals surface area contributed by atoms with Gasteiger partial charge >= 0.3 is 0 Å². The molecule has 0 bridgehead atoms. The monoisotopic (exact) mass is 263 g/mol. The minimum absolute atomic E-state index is 0.340. The topological polar surface area (TPSA) is 29.9 Å². The lowest BCUT2D eigenvalue weighted by Crippen LogP contribution is -2.18. The van der Waals surface area contributed by atoms with Crippen molar-refractivity contribution < 1.29 is 0 Å². The molecule has 2 rings (SSSR count). The van der Waals surface area contributed by atoms with Crippen LogP contribution in [0.4, 0.5) is 0 Å². The highest BCUT2D eigenvalue weighted by atomic mass is 32.1. The van der Waals surface area contributed by atoms with Crippen molar-refractivity contribution in [2.24, 2.45) is 0 Å². The third kappa shape index (κ3) is 2.82. The Kier molecular flexibility index (Phi) is 4.19. The van der Waals surface area contributed by atoms with Gasteiger partial charge in [-0.3, -0.25) is 4.68 Å². The van der Waals surface area contributed by atoms with Crippen LogP contribution in [0.5, 0.6) is 0 Å². The van der Waals surface area contributed by atoms with Crippen LogP contribution >= 0.6 is 11.3 Å². The minimum Gasteiger partial charge on any atom is -0.305 e. The van der Waals surface area contributed by atoms with Crippen molar-refractivity contribution in [3.8, 4) is 0 Å². The number of hydrogen-bond acceptors (Lipinski definition) is 3. The highest BCUT2D eigenvalue weighted by Gasteiger charge is 2.12. The smallest absolute Gasteiger partial charge is 0.0641 e. The predicted octanol–water partition coefficient (Wildman–Crippen LogP) is 3.43. The number of hydrogen-bond donors (Lipinski definition) is 1. The zero-order chi connectivity index (χ0) is 13.1. The van der Waals surface area contributed by atoms with Crippen molar-refractivity contribution in [3.05, 3.63) is 39.3 Å². The number of nitrogens with zero attached hydrogens (tertiary/aromatic N) is 2. The van der Waals surface area contributed by atoms with Gasteiger partial charge in [-0.1, -0.05) is 0 Å². The lowest BCUT2D eigenvalue weighted by atomic mass is 10.1. The van der Waals surface area contributed by atoms with E-state index in [9.17, 15) is 0 Å². The van der Waals surface area contributed by atoms with E-state index in [0.29, 0.717) is 6.04 Å². The van der Waals surface area contributed by atoms with Gasteiger partial charge in [-0.2, -0.15) is 5.10 Å². The first-order valence-corrected chi connectivity index (χ1v) is 7.30. The summed E-state index contributed by atoms with van der Waals surface area (Å²) in [5, 5.41) is 10.2. The van der Waals surface area contributed by atoms with E-state index in [1.165, 1.54) is 16.0 Å². The standard InChI is InChI=1S/C14H21N3S/c1-5-17-9-13(12(4)16-17)11(3)15-8-14-10(2)6-7-18-14/h6-7,9,11,15H,5,8H2,1-4H3. The predicted molar refractivity (Wildman–Crippen MR) is 76.9 cm³/mol. The largest absolute Gasteiger partial charge is 0.305 e. The number of thiophene rings is 1. The molecule has 0 aliphatic heterocycles. The van der Waals surface area contributed by atoms with Gasteiger partial charge in [0.2, 0.25) is 0 Å². The number of aromatic nitrogens is 2. The quantitative estimate of drug-likeness (QED) is 0.895. The molecule has 3 nitrogen and oxygen atoms in total. The number of nitrogens with one attached hydrogen (secondary N) is 1. The van der Waals surface area contributed by atoms with E-state index in [4.69, 9.17) is 0 Å². The van der Waals surface area contributed by atoms with Crippen molar-refractivity contribution in [2.45, 2.75) is 46.8 Å². The van der Waals surface area contributed by atoms with Crippen LogP contribution < -0.4 is 5.32 Å². The first kappa shape index (κ1) is 13.3. The molecule has 2 aromatic heterocycles. The second-order valence-electron chi connectivity index (χ2n) is 4.65. The van der Waals surface area contributed by atoms with Crippen LogP contribution in [0.25, 0.3) is 0 Å². The summed E-state index contributed by atoms with van der Waals surface area (Å²) < 4.78 is 2.00. The molecule has 1 N–H and O–H groups in total. The highest BCUT2D eigenvalue weighted by molar-refractivity contribution is 7.10. The highest BCUT2D eigenvalue weighted by Crippen LogP contribution is 2.19. The Hall–Kier alpha value is -1.13. The van der Waals surface area contributed by atoms with E-state index in [1.807, 2.05) is 16.0 Å². The Balaban J connectivity index is 2.01. The average Bonchev–Trinajstić information content (AvgIpc) is 2.92. The Bertz CT molecular complexity index is 513. The molecule has 0 saturated carbocycles. The molecule has 0 spiro atoms. The lowest BCUT2D eigenvalue weighted by molar-refractivity contribution is 0.574. The van der Waals surface area contributed by atoms with Crippen molar-refractivity contribution in [1.29, 1.82) is 0 Å². The van der Waals surface area contributed by atoms with E-state index in [1.54, 1.807) is 0 Å². The minimum atomic E-state index is 0.340. The van der Waals surface area contributed by atoms with Gasteiger partial charge in [0.15, 0.2) is 0 Å². The van der Waals surface area contributed by atoms with Crippen molar-refractivity contribution >= 4 is 11.3 Å². The second-order valence-corrected chi connectivity index (χ2v) is 5.66. The SMILES string of the molecule is CCn1cc(C(C)NCc2sccc2C)c(C)n1. The number of aryl methyl sites for hydroxylation is 3. The summed E-state index contributed by atoms with van der Waals surface area (Å²) in [6.07, 6.45) is 2.15. The molecule has 2 heterocycles. The van der Waals surface area contributed by atoms with Crippen LogP contribution in [0.1, 0.15) is 41.6 Å². The molecule has 0 saturated heterocycles. The summed E-state index contributed by atoms with van der Waals surface area (Å²) in [6, 6.07) is 2.51. The normalized spacial score (nSPS) is 12.9. The molecule has 98 valence electrons. The first-order valence-electron chi connectivity index (χ1n) is 6.42. The summed E-state index contributed by atoms with van der Waals surface area (Å²) in [7, 11) is 0. The molecular weight excluding hydrogens is 242 g/mol. The van der Waals surface area contributed by atoms with Crippen LogP contribution in [0.15, 0.2) is 17.6 Å². The zero-order valence-corrected chi connectivity index (χ0v) is 12.3. The maximum absolute atomic E-state index is 4.49. The second kappa shape index (κ2) is 5.67. The summed E-state index contributed by atoms with van der Waals surface area (Å²) in [4.78, 5) is 1.42. The first-order chi connectivity index (χ1) is 8.61. The van der Waals surface area contributed by atoms with Crippen LogP contribution in [0.3, 0.4) is 0 Å². The van der Waals surface area contributed by atoms with E-state index in [-0.39, 0.29) is 0 Å². The summed E-state index contributed by atoms with van der Waals surface area (Å²) >= 11 is 1.82. The molecule has 0 amide bonds. The summed E-state index contributed by atoms with van der Waals surface area (Å²) in [6.45, 7) is 10.4. The van der Waals surface area contributed by atoms with Gasteiger partial charge in [-0.25, -0.2) is 0 Å². The van der Waals surface area contributed by atoms with Gasteiger partial charge < -0.3 is 5.32 Å². The Morgan fingerprint density at radius 1 is 1.44 bits per heavy atom. The van der Waals surface area contributed by atoms with Gasteiger partial charge in [0, 0.05) is 35.8 Å². The molecule has 0 aliphatic carbocycles. The molecule has 18 heavy (non-hydrogen) atoms. The third-order valence-electron chi connectivity index (χ3n) is 3.31. The fourth-order valence-electron chi connectivity index (χ4n) is 2.06. The van der Waals surface area contributed by atoms with Crippen molar-refractivity contribution in [3.63, 3.8) is 0 Å². The Morgan fingerprint density at radius 2 is 2.22 bits per heavy atom. The maximum atomic E-state index is 4.49. The fourth-order valence-corrected chi connectivity index (χ4v) is 2.92. The molecule has 0 fully saturated rings. The van der Waals surface area contributed by atoms with Crippen LogP contribution in [-0.2, 0) is 13.1 Å². The van der Waals surface area contributed by atoms with E-state index in [0.717, 1.165) is 18.8 Å². The van der Waals surface area contributed by atoms with Crippen molar-refractivity contribution in [2.75, 3.05) is 0 Å². The van der Waals surface area contributed by atoms with E-state index >= 15 is 0 Å². The fraction of sp³-hybridized carbons (Fsp3) is 0.500. The average molecular weight is 263 g/mol. The van der Waals surface area contributed by atoms with E-state index < -0.39 is 0 Å². The van der Waals surface area contributed by atoms with Crippen LogP contribution in [0, 0.1) is 13.8 Å². The summed E-state index contributed by atoms with van der Waals surface area (Å²) in [5.41, 5.74) is 3.80. The molecule has 4 heteroatoms. The van der Waals surface area contributed by atoms with Gasteiger partial charge in [0.1, 0.15) is 0 Å². The number of rotatable bonds is 5. The molecule has 0 aromatic carbocycles. The Morgan fingerprint density at radius 3 is 2.78 bits per heavy atom. The molecular formula is C14H21N3S. The molecule has 2 aromatic rings. The van der Waals surface area contributed by atoms with Gasteiger partial charge in [0.05, 0.1) is 5.69 Å². The molecule has 0 aliphatic rings. The third-order valence-corrected chi connectivity index (χ3v) is 4.33. The van der Waals surface area contributed by atoms with Crippen LogP contribution in [0.2, 0.25) is 0 Å². The lowest BCUT2D eigenvalue weighted by Gasteiger charge is -2.12. The Labute approximate surface area is 113 Å². The van der Waals surface area contributed by atoms with Gasteiger partial charge in [-0.05, 0) is 44.7 Å². The molecule has 1 unspecified atom stereocenters. The zero-order valence-electron chi connectivity index (χ0n) is 11.5. The molecule has 0 radical (unpaired) electrons. The van der Waals surface area contributed by atoms with Crippen LogP contribution in [-0.4, -0.2) is 9.78 Å². The maximum Gasteiger partial charge on any atom is 0.0641 e. The van der Waals surface area contributed by atoms with Crippen molar-refractivity contribution in [1.82, 2.24) is 15.1 Å². The summed E-state index contributed by atoms with van der Waals surface area (Å²) in [5.74, 6) is 0. The van der Waals surface area contributed by atoms with Gasteiger partial charge in [0.25, 0.3) is 0 Å². The van der Waals surface area contributed by atoms with Gasteiger partial charge in [-0.15, -0.1) is 11.3 Å². The van der Waals surface area contributed by atoms with E-state index in [2.05, 4.69) is 55.8 Å². The molecule has 1 atom stereocenters.